The minimum absolute atomic E-state index is 0.0926. The topological polar surface area (TPSA) is 114 Å². The number of aromatic nitrogens is 2. The average Bonchev–Trinajstić information content (AvgIpc) is 3.45. The van der Waals surface area contributed by atoms with Crippen molar-refractivity contribution in [1.82, 2.24) is 19.2 Å². The van der Waals surface area contributed by atoms with Crippen LogP contribution in [0.5, 0.6) is 17.2 Å². The van der Waals surface area contributed by atoms with Gasteiger partial charge in [0.05, 0.1) is 41.3 Å². The van der Waals surface area contributed by atoms with Gasteiger partial charge in [-0.2, -0.15) is 0 Å². The van der Waals surface area contributed by atoms with Crippen molar-refractivity contribution in [3.8, 4) is 28.6 Å². The molecule has 2 heterocycles. The molecule has 10 nitrogen and oxygen atoms in total. The van der Waals surface area contributed by atoms with E-state index in [1.165, 1.54) is 43.5 Å². The molecule has 0 saturated carbocycles. The van der Waals surface area contributed by atoms with Crippen molar-refractivity contribution in [2.45, 2.75) is 37.5 Å². The summed E-state index contributed by atoms with van der Waals surface area (Å²) in [4.78, 5) is 23.2. The Bertz CT molecular complexity index is 1490. The van der Waals surface area contributed by atoms with E-state index in [-0.39, 0.29) is 16.1 Å². The van der Waals surface area contributed by atoms with Crippen LogP contribution in [0, 0.1) is 0 Å². The zero-order valence-corrected chi connectivity index (χ0v) is 25.2. The van der Waals surface area contributed by atoms with Crippen LogP contribution in [0.4, 0.5) is 0 Å². The van der Waals surface area contributed by atoms with E-state index in [1.807, 2.05) is 6.92 Å². The molecular formula is C27H35BrN4O6S. The highest BCUT2D eigenvalue weighted by atomic mass is 79.9. The molecule has 0 atom stereocenters. The zero-order valence-electron chi connectivity index (χ0n) is 22.8. The lowest BCUT2D eigenvalue weighted by atomic mass is 10.1. The lowest BCUT2D eigenvalue weighted by Gasteiger charge is -2.20. The molecule has 0 radical (unpaired) electrons. The van der Waals surface area contributed by atoms with Crippen LogP contribution >= 0.6 is 15.9 Å². The first-order valence-corrected chi connectivity index (χ1v) is 15.2. The smallest absolute Gasteiger partial charge is 0.262 e. The molecule has 1 saturated heterocycles. The van der Waals surface area contributed by atoms with Gasteiger partial charge in [-0.15, -0.1) is 0 Å². The summed E-state index contributed by atoms with van der Waals surface area (Å²) in [5, 5.41) is 0.242. The average molecular weight is 624 g/mol. The molecule has 212 valence electrons. The van der Waals surface area contributed by atoms with Crippen molar-refractivity contribution in [3.63, 3.8) is 0 Å². The zero-order chi connectivity index (χ0) is 28.2. The number of H-pyrrole nitrogens is 1. The molecule has 39 heavy (non-hydrogen) atoms. The molecule has 0 unspecified atom stereocenters. The van der Waals surface area contributed by atoms with E-state index in [2.05, 4.69) is 25.8 Å². The van der Waals surface area contributed by atoms with E-state index >= 15 is 0 Å². The molecule has 12 heteroatoms. The Kier molecular flexibility index (Phi) is 9.52. The van der Waals surface area contributed by atoms with E-state index in [9.17, 15) is 13.2 Å². The number of likely N-dealkylation sites (tertiary alicyclic amines) is 1. The Labute approximate surface area is 237 Å². The van der Waals surface area contributed by atoms with Crippen LogP contribution in [0.2, 0.25) is 0 Å². The first-order chi connectivity index (χ1) is 18.7. The fraction of sp³-hybridized carbons (Fsp3) is 0.481. The first-order valence-electron chi connectivity index (χ1n) is 13.0. The normalized spacial score (nSPS) is 14.3. The second-order valence-electron chi connectivity index (χ2n) is 9.47. The SMILES string of the molecule is CCCOc1ccc(S(=O)(=O)N(C)CCCN2CCCC2)cc1-c1nc2c(Br)c(OC)cc(OC)c2c(=O)[nH]1. The van der Waals surface area contributed by atoms with Crippen molar-refractivity contribution in [1.29, 1.82) is 0 Å². The number of nitrogens with one attached hydrogen (secondary N) is 1. The molecular weight excluding hydrogens is 588 g/mol. The highest BCUT2D eigenvalue weighted by molar-refractivity contribution is 9.10. The van der Waals surface area contributed by atoms with Crippen molar-refractivity contribution < 1.29 is 22.6 Å². The fourth-order valence-electron chi connectivity index (χ4n) is 4.68. The highest BCUT2D eigenvalue weighted by Crippen LogP contribution is 2.38. The molecule has 0 bridgehead atoms. The molecule has 2 aromatic carbocycles. The minimum atomic E-state index is -3.79. The molecule has 0 spiro atoms. The number of hydrogen-bond acceptors (Lipinski definition) is 8. The summed E-state index contributed by atoms with van der Waals surface area (Å²) in [5.41, 5.74) is 0.241. The monoisotopic (exact) mass is 622 g/mol. The number of halogens is 1. The second-order valence-corrected chi connectivity index (χ2v) is 12.3. The molecule has 1 aliphatic rings. The number of rotatable bonds is 12. The number of methoxy groups -OCH3 is 2. The number of hydrogen-bond donors (Lipinski definition) is 1. The van der Waals surface area contributed by atoms with Crippen molar-refractivity contribution in [3.05, 3.63) is 39.1 Å². The minimum Gasteiger partial charge on any atom is -0.496 e. The number of nitrogens with zero attached hydrogens (tertiary/aromatic N) is 3. The number of benzene rings is 2. The van der Waals surface area contributed by atoms with Crippen LogP contribution in [0.3, 0.4) is 0 Å². The Morgan fingerprint density at radius 2 is 1.82 bits per heavy atom. The van der Waals surface area contributed by atoms with E-state index in [0.29, 0.717) is 46.0 Å². The molecule has 4 rings (SSSR count). The highest BCUT2D eigenvalue weighted by Gasteiger charge is 2.25. The van der Waals surface area contributed by atoms with Gasteiger partial charge >= 0.3 is 0 Å². The number of ether oxygens (including phenoxy) is 3. The molecule has 0 amide bonds. The van der Waals surface area contributed by atoms with Crippen LogP contribution in [0.25, 0.3) is 22.3 Å². The predicted octanol–water partition coefficient (Wildman–Crippen LogP) is 4.27. The molecule has 0 aliphatic carbocycles. The third-order valence-corrected chi connectivity index (χ3v) is 9.43. The van der Waals surface area contributed by atoms with Gasteiger partial charge in [0, 0.05) is 19.7 Å². The maximum atomic E-state index is 13.5. The summed E-state index contributed by atoms with van der Waals surface area (Å²) in [5.74, 6) is 1.33. The molecule has 3 aromatic rings. The van der Waals surface area contributed by atoms with Gasteiger partial charge in [-0.05, 0) is 79.4 Å². The summed E-state index contributed by atoms with van der Waals surface area (Å²) in [6.07, 6.45) is 3.90. The molecule has 1 N–H and O–H groups in total. The van der Waals surface area contributed by atoms with Gasteiger partial charge in [-0.25, -0.2) is 17.7 Å². The van der Waals surface area contributed by atoms with Gasteiger partial charge in [0.15, 0.2) is 0 Å². The lowest BCUT2D eigenvalue weighted by Crippen LogP contribution is -2.31. The Hall–Kier alpha value is -2.67. The maximum absolute atomic E-state index is 13.5. The van der Waals surface area contributed by atoms with Gasteiger partial charge in [0.1, 0.15) is 28.5 Å². The summed E-state index contributed by atoms with van der Waals surface area (Å²) >= 11 is 3.49. The van der Waals surface area contributed by atoms with E-state index in [4.69, 9.17) is 19.2 Å². The quantitative estimate of drug-likeness (QED) is 0.319. The summed E-state index contributed by atoms with van der Waals surface area (Å²) in [6.45, 7) is 5.81. The van der Waals surface area contributed by atoms with Gasteiger partial charge < -0.3 is 24.1 Å². The van der Waals surface area contributed by atoms with Crippen LogP contribution < -0.4 is 19.8 Å². The summed E-state index contributed by atoms with van der Waals surface area (Å²) in [7, 11) is 0.762. The van der Waals surface area contributed by atoms with Crippen molar-refractivity contribution >= 4 is 36.9 Å². The van der Waals surface area contributed by atoms with Crippen LogP contribution in [0.15, 0.2) is 38.4 Å². The largest absolute Gasteiger partial charge is 0.496 e. The summed E-state index contributed by atoms with van der Waals surface area (Å²) in [6, 6.07) is 6.25. The van der Waals surface area contributed by atoms with E-state index < -0.39 is 15.6 Å². The molecule has 1 aromatic heterocycles. The maximum Gasteiger partial charge on any atom is 0.262 e. The van der Waals surface area contributed by atoms with Gasteiger partial charge in [0.25, 0.3) is 5.56 Å². The van der Waals surface area contributed by atoms with Gasteiger partial charge in [-0.1, -0.05) is 6.92 Å². The van der Waals surface area contributed by atoms with Crippen LogP contribution in [-0.2, 0) is 10.0 Å². The molecule has 1 aliphatic heterocycles. The Balaban J connectivity index is 1.76. The van der Waals surface area contributed by atoms with Crippen LogP contribution in [-0.4, -0.2) is 81.6 Å². The van der Waals surface area contributed by atoms with E-state index in [0.717, 1.165) is 32.5 Å². The first kappa shape index (κ1) is 29.3. The summed E-state index contributed by atoms with van der Waals surface area (Å²) < 4.78 is 45.6. The van der Waals surface area contributed by atoms with Crippen molar-refractivity contribution in [2.75, 3.05) is 54.1 Å². The third kappa shape index (κ3) is 6.24. The van der Waals surface area contributed by atoms with Gasteiger partial charge in [-0.3, -0.25) is 4.79 Å². The standard InChI is InChI=1S/C27H35BrN4O6S/c1-5-15-38-20-10-9-18(39(34,35)31(2)11-8-14-32-12-6-7-13-32)16-19(20)26-29-25-23(27(33)30-26)21(36-3)17-22(37-4)24(25)28/h9-10,16-17H,5-8,11-15H2,1-4H3,(H,29,30,33). The number of aromatic amines is 1. The lowest BCUT2D eigenvalue weighted by molar-refractivity contribution is 0.317. The number of sulfonamides is 1. The molecule has 1 fully saturated rings. The third-order valence-electron chi connectivity index (χ3n) is 6.81. The van der Waals surface area contributed by atoms with E-state index in [1.54, 1.807) is 19.2 Å². The number of fused-ring (bicyclic) bond motifs is 1. The van der Waals surface area contributed by atoms with Crippen LogP contribution in [0.1, 0.15) is 32.6 Å². The second kappa shape index (κ2) is 12.7. The van der Waals surface area contributed by atoms with Gasteiger partial charge in [0.2, 0.25) is 10.0 Å². The Morgan fingerprint density at radius 1 is 1.10 bits per heavy atom. The predicted molar refractivity (Wildman–Crippen MR) is 154 cm³/mol. The Morgan fingerprint density at radius 3 is 2.49 bits per heavy atom. The van der Waals surface area contributed by atoms with Crippen molar-refractivity contribution in [2.24, 2.45) is 0 Å². The fourth-order valence-corrected chi connectivity index (χ4v) is 6.48.